The van der Waals surface area contributed by atoms with Crippen LogP contribution in [0.1, 0.15) is 18.4 Å². The third kappa shape index (κ3) is 5.00. The summed E-state index contributed by atoms with van der Waals surface area (Å²) in [6, 6.07) is 21.1. The second-order valence-corrected chi connectivity index (χ2v) is 8.07. The summed E-state index contributed by atoms with van der Waals surface area (Å²) < 4.78 is 1.79. The number of nitrogens with one attached hydrogen (secondary N) is 2. The van der Waals surface area contributed by atoms with Crippen molar-refractivity contribution in [3.63, 3.8) is 0 Å². The van der Waals surface area contributed by atoms with Crippen LogP contribution in [0.3, 0.4) is 0 Å². The average Bonchev–Trinajstić information content (AvgIpc) is 3.18. The molecular formula is C24H28ClN7. The number of halogens is 1. The first kappa shape index (κ1) is 22.0. The molecule has 1 aliphatic rings. The van der Waals surface area contributed by atoms with Gasteiger partial charge in [-0.1, -0.05) is 48.5 Å². The number of hydrogen-bond donors (Lipinski definition) is 2. The van der Waals surface area contributed by atoms with E-state index in [0.29, 0.717) is 12.0 Å². The first-order valence-corrected chi connectivity index (χ1v) is 10.8. The van der Waals surface area contributed by atoms with Crippen molar-refractivity contribution < 1.29 is 0 Å². The largest absolute Gasteiger partial charge is 0.351 e. The second-order valence-electron chi connectivity index (χ2n) is 8.07. The summed E-state index contributed by atoms with van der Waals surface area (Å²) in [5.74, 6) is 1.42. The summed E-state index contributed by atoms with van der Waals surface area (Å²) in [5, 5.41) is 12.3. The van der Waals surface area contributed by atoms with Gasteiger partial charge in [-0.05, 0) is 30.5 Å². The fourth-order valence-corrected chi connectivity index (χ4v) is 4.10. The van der Waals surface area contributed by atoms with Crippen molar-refractivity contribution >= 4 is 40.9 Å². The fourth-order valence-electron chi connectivity index (χ4n) is 4.10. The van der Waals surface area contributed by atoms with Crippen LogP contribution in [-0.2, 0) is 13.6 Å². The van der Waals surface area contributed by atoms with Gasteiger partial charge in [0.05, 0.1) is 11.6 Å². The Morgan fingerprint density at radius 1 is 0.938 bits per heavy atom. The minimum atomic E-state index is 0. The highest BCUT2D eigenvalue weighted by Crippen LogP contribution is 2.26. The van der Waals surface area contributed by atoms with Crippen LogP contribution in [0.5, 0.6) is 0 Å². The molecule has 0 aliphatic carbocycles. The van der Waals surface area contributed by atoms with E-state index in [1.807, 2.05) is 43.6 Å². The number of benzene rings is 2. The molecule has 166 valence electrons. The van der Waals surface area contributed by atoms with Gasteiger partial charge in [0.2, 0.25) is 5.95 Å². The van der Waals surface area contributed by atoms with E-state index in [1.54, 1.807) is 4.68 Å². The van der Waals surface area contributed by atoms with Crippen LogP contribution in [0.2, 0.25) is 0 Å². The van der Waals surface area contributed by atoms with Crippen LogP contribution >= 0.6 is 12.4 Å². The SMILES string of the molecule is Cl.Cn1ncc2c(Nc3ccccc3)nc(NC3CCN(Cc4ccccc4)CC3)nc21. The van der Waals surface area contributed by atoms with Gasteiger partial charge in [-0.25, -0.2) is 0 Å². The Labute approximate surface area is 194 Å². The van der Waals surface area contributed by atoms with Crippen LogP contribution in [0.4, 0.5) is 17.5 Å². The third-order valence-corrected chi connectivity index (χ3v) is 5.80. The molecule has 4 aromatic rings. The van der Waals surface area contributed by atoms with Crippen molar-refractivity contribution in [2.75, 3.05) is 23.7 Å². The maximum Gasteiger partial charge on any atom is 0.226 e. The van der Waals surface area contributed by atoms with Crippen LogP contribution < -0.4 is 10.6 Å². The molecule has 0 radical (unpaired) electrons. The first-order valence-electron chi connectivity index (χ1n) is 10.8. The van der Waals surface area contributed by atoms with Gasteiger partial charge < -0.3 is 10.6 Å². The number of piperidine rings is 1. The van der Waals surface area contributed by atoms with Crippen LogP contribution in [-0.4, -0.2) is 43.8 Å². The molecule has 1 fully saturated rings. The molecule has 8 heteroatoms. The van der Waals surface area contributed by atoms with Crippen molar-refractivity contribution in [2.24, 2.45) is 7.05 Å². The first-order chi connectivity index (χ1) is 15.2. The number of aryl methyl sites for hydroxylation is 1. The fraction of sp³-hybridized carbons (Fsp3) is 0.292. The highest BCUT2D eigenvalue weighted by atomic mass is 35.5. The molecule has 1 aliphatic heterocycles. The summed E-state index contributed by atoms with van der Waals surface area (Å²) in [6.45, 7) is 3.14. The zero-order valence-electron chi connectivity index (χ0n) is 18.1. The van der Waals surface area contributed by atoms with E-state index < -0.39 is 0 Å². The lowest BCUT2D eigenvalue weighted by Gasteiger charge is -2.32. The normalized spacial score (nSPS) is 14.8. The molecule has 0 bridgehead atoms. The molecule has 0 amide bonds. The molecule has 3 heterocycles. The minimum absolute atomic E-state index is 0. The smallest absolute Gasteiger partial charge is 0.226 e. The predicted molar refractivity (Wildman–Crippen MR) is 132 cm³/mol. The molecule has 5 rings (SSSR count). The lowest BCUT2D eigenvalue weighted by Crippen LogP contribution is -2.39. The molecule has 7 nitrogen and oxygen atoms in total. The van der Waals surface area contributed by atoms with Gasteiger partial charge in [0.25, 0.3) is 0 Å². The molecular weight excluding hydrogens is 422 g/mol. The summed E-state index contributed by atoms with van der Waals surface area (Å²) in [5.41, 5.74) is 3.18. The van der Waals surface area contributed by atoms with Crippen molar-refractivity contribution in [1.82, 2.24) is 24.6 Å². The number of aromatic nitrogens is 4. The maximum absolute atomic E-state index is 4.79. The predicted octanol–water partition coefficient (Wildman–Crippen LogP) is 4.61. The number of hydrogen-bond acceptors (Lipinski definition) is 6. The van der Waals surface area contributed by atoms with Crippen LogP contribution in [0.15, 0.2) is 66.9 Å². The maximum atomic E-state index is 4.79. The summed E-state index contributed by atoms with van der Waals surface area (Å²) in [7, 11) is 1.91. The van der Waals surface area contributed by atoms with E-state index in [2.05, 4.69) is 51.0 Å². The molecule has 0 spiro atoms. The summed E-state index contributed by atoms with van der Waals surface area (Å²) in [6.07, 6.45) is 3.95. The van der Waals surface area contributed by atoms with Gasteiger partial charge in [-0.2, -0.15) is 15.1 Å². The molecule has 0 unspecified atom stereocenters. The monoisotopic (exact) mass is 449 g/mol. The molecule has 1 saturated heterocycles. The Morgan fingerprint density at radius 3 is 2.34 bits per heavy atom. The zero-order chi connectivity index (χ0) is 21.0. The van der Waals surface area contributed by atoms with Gasteiger partial charge in [-0.3, -0.25) is 9.58 Å². The van der Waals surface area contributed by atoms with Gasteiger partial charge in [0.15, 0.2) is 5.65 Å². The van der Waals surface area contributed by atoms with E-state index in [4.69, 9.17) is 9.97 Å². The van der Waals surface area contributed by atoms with Gasteiger partial charge in [-0.15, -0.1) is 12.4 Å². The quantitative estimate of drug-likeness (QED) is 0.448. The van der Waals surface area contributed by atoms with Crippen LogP contribution in [0, 0.1) is 0 Å². The number of fused-ring (bicyclic) bond motifs is 1. The molecule has 2 aromatic heterocycles. The highest BCUT2D eigenvalue weighted by Gasteiger charge is 2.21. The van der Waals surface area contributed by atoms with Crippen molar-refractivity contribution in [1.29, 1.82) is 0 Å². The Bertz CT molecular complexity index is 1140. The lowest BCUT2D eigenvalue weighted by atomic mass is 10.0. The lowest BCUT2D eigenvalue weighted by molar-refractivity contribution is 0.211. The topological polar surface area (TPSA) is 70.9 Å². The number of rotatable bonds is 6. The van der Waals surface area contributed by atoms with Crippen molar-refractivity contribution in [3.8, 4) is 0 Å². The van der Waals surface area contributed by atoms with E-state index in [-0.39, 0.29) is 12.4 Å². The second kappa shape index (κ2) is 9.97. The van der Waals surface area contributed by atoms with E-state index in [0.717, 1.165) is 55.0 Å². The van der Waals surface area contributed by atoms with Crippen molar-refractivity contribution in [3.05, 3.63) is 72.4 Å². The zero-order valence-corrected chi connectivity index (χ0v) is 18.9. The Morgan fingerprint density at radius 2 is 1.62 bits per heavy atom. The summed E-state index contributed by atoms with van der Waals surface area (Å²) >= 11 is 0. The molecule has 0 atom stereocenters. The van der Waals surface area contributed by atoms with Crippen molar-refractivity contribution in [2.45, 2.75) is 25.4 Å². The van der Waals surface area contributed by atoms with E-state index >= 15 is 0 Å². The molecule has 2 N–H and O–H groups in total. The van der Waals surface area contributed by atoms with Crippen LogP contribution in [0.25, 0.3) is 11.0 Å². The summed E-state index contributed by atoms with van der Waals surface area (Å²) in [4.78, 5) is 12.0. The molecule has 32 heavy (non-hydrogen) atoms. The highest BCUT2D eigenvalue weighted by molar-refractivity contribution is 5.89. The van der Waals surface area contributed by atoms with Gasteiger partial charge in [0.1, 0.15) is 5.82 Å². The number of para-hydroxylation sites is 1. The van der Waals surface area contributed by atoms with Gasteiger partial charge >= 0.3 is 0 Å². The van der Waals surface area contributed by atoms with E-state index in [9.17, 15) is 0 Å². The average molecular weight is 450 g/mol. The minimum Gasteiger partial charge on any atom is -0.351 e. The van der Waals surface area contributed by atoms with Gasteiger partial charge in [0, 0.05) is 38.4 Å². The molecule has 0 saturated carbocycles. The number of nitrogens with zero attached hydrogens (tertiary/aromatic N) is 5. The number of likely N-dealkylation sites (tertiary alicyclic amines) is 1. The number of anilines is 3. The Kier molecular flexibility index (Phi) is 6.87. The Balaban J connectivity index is 0.00000245. The third-order valence-electron chi connectivity index (χ3n) is 5.80. The van der Waals surface area contributed by atoms with E-state index in [1.165, 1.54) is 5.56 Å². The Hall–Kier alpha value is -3.16. The standard InChI is InChI=1S/C24H27N7.ClH/c1-30-23-21(16-25-30)22(26-19-10-6-3-7-11-19)28-24(29-23)27-20-12-14-31(15-13-20)17-18-8-4-2-5-9-18;/h2-11,16,20H,12-15,17H2,1H3,(H2,26,27,28,29);1H. The molecule has 2 aromatic carbocycles.